The molecule has 0 aliphatic carbocycles. The highest BCUT2D eigenvalue weighted by atomic mass is 32.2. The average molecular weight is 474 g/mol. The van der Waals surface area contributed by atoms with Crippen LogP contribution in [0.2, 0.25) is 0 Å². The summed E-state index contributed by atoms with van der Waals surface area (Å²) in [7, 11) is -3.47. The van der Waals surface area contributed by atoms with Crippen LogP contribution in [0.4, 0.5) is 0 Å². The summed E-state index contributed by atoms with van der Waals surface area (Å²) >= 11 is 0. The molecule has 2 aliphatic rings. The Bertz CT molecular complexity index is 1070. The molecule has 2 saturated heterocycles. The molecule has 3 unspecified atom stereocenters. The first-order valence-corrected chi connectivity index (χ1v) is 13.4. The molecule has 8 heteroatoms. The molecule has 0 saturated carbocycles. The second-order valence-corrected chi connectivity index (χ2v) is 11.6. The van der Waals surface area contributed by atoms with E-state index in [2.05, 4.69) is 28.8 Å². The third kappa shape index (κ3) is 5.18. The van der Waals surface area contributed by atoms with Crippen molar-refractivity contribution >= 4 is 15.9 Å². The first kappa shape index (κ1) is 24.0. The Hall–Kier alpha value is -2.16. The third-order valence-corrected chi connectivity index (χ3v) is 8.99. The monoisotopic (exact) mass is 473 g/mol. The van der Waals surface area contributed by atoms with Crippen molar-refractivity contribution in [1.29, 1.82) is 0 Å². The lowest BCUT2D eigenvalue weighted by Gasteiger charge is -2.36. The van der Waals surface area contributed by atoms with Crippen LogP contribution in [-0.4, -0.2) is 38.5 Å². The number of furan rings is 1. The van der Waals surface area contributed by atoms with E-state index in [9.17, 15) is 13.2 Å². The first-order valence-electron chi connectivity index (χ1n) is 11.8. The second kappa shape index (κ2) is 9.60. The minimum atomic E-state index is -3.47. The van der Waals surface area contributed by atoms with Crippen LogP contribution in [0.25, 0.3) is 0 Å². The quantitative estimate of drug-likeness (QED) is 0.668. The van der Waals surface area contributed by atoms with Crippen molar-refractivity contribution in [2.75, 3.05) is 13.1 Å². The SMILES string of the molecule is Cc1ccc(CNC(=O)C2CCN(C3NS(=O)(=O)C(c4ccc(C(C)C)cc4)C3C)CC2)o1. The van der Waals surface area contributed by atoms with Crippen molar-refractivity contribution in [3.63, 3.8) is 0 Å². The highest BCUT2D eigenvalue weighted by molar-refractivity contribution is 7.90. The van der Waals surface area contributed by atoms with Crippen LogP contribution in [0.5, 0.6) is 0 Å². The molecule has 2 fully saturated rings. The summed E-state index contributed by atoms with van der Waals surface area (Å²) in [6, 6.07) is 11.7. The second-order valence-electron chi connectivity index (χ2n) is 9.75. The number of likely N-dealkylation sites (tertiary alicyclic amines) is 1. The van der Waals surface area contributed by atoms with Crippen LogP contribution in [0.1, 0.15) is 67.4 Å². The summed E-state index contributed by atoms with van der Waals surface area (Å²) < 4.78 is 34.5. The number of benzene rings is 1. The van der Waals surface area contributed by atoms with Crippen LogP contribution in [0.3, 0.4) is 0 Å². The number of aryl methyl sites for hydroxylation is 1. The van der Waals surface area contributed by atoms with Gasteiger partial charge in [-0.3, -0.25) is 9.69 Å². The Morgan fingerprint density at radius 2 is 1.82 bits per heavy atom. The predicted octanol–water partition coefficient (Wildman–Crippen LogP) is 3.68. The molecule has 2 aromatic rings. The van der Waals surface area contributed by atoms with Gasteiger partial charge < -0.3 is 9.73 Å². The van der Waals surface area contributed by atoms with E-state index >= 15 is 0 Å². The number of nitrogens with one attached hydrogen (secondary N) is 2. The van der Waals surface area contributed by atoms with Gasteiger partial charge in [0.1, 0.15) is 16.8 Å². The first-order chi connectivity index (χ1) is 15.7. The molecule has 1 aromatic heterocycles. The summed E-state index contributed by atoms with van der Waals surface area (Å²) in [4.78, 5) is 14.8. The predicted molar refractivity (Wildman–Crippen MR) is 128 cm³/mol. The van der Waals surface area contributed by atoms with Crippen molar-refractivity contribution < 1.29 is 17.6 Å². The minimum Gasteiger partial charge on any atom is -0.465 e. The molecule has 3 heterocycles. The molecule has 7 nitrogen and oxygen atoms in total. The molecule has 0 spiro atoms. The molecule has 1 aromatic carbocycles. The lowest BCUT2D eigenvalue weighted by molar-refractivity contribution is -0.127. The number of piperidine rings is 1. The number of amides is 1. The van der Waals surface area contributed by atoms with E-state index in [1.165, 1.54) is 5.56 Å². The molecular weight excluding hydrogens is 438 g/mol. The summed E-state index contributed by atoms with van der Waals surface area (Å²) in [6.07, 6.45) is 1.17. The number of carbonyl (C=O) groups excluding carboxylic acids is 1. The zero-order chi connectivity index (χ0) is 23.8. The van der Waals surface area contributed by atoms with E-state index in [4.69, 9.17) is 4.42 Å². The van der Waals surface area contributed by atoms with Crippen molar-refractivity contribution in [3.05, 3.63) is 59.0 Å². The van der Waals surface area contributed by atoms with Gasteiger partial charge >= 0.3 is 0 Å². The van der Waals surface area contributed by atoms with Crippen molar-refractivity contribution in [3.8, 4) is 0 Å². The zero-order valence-corrected chi connectivity index (χ0v) is 20.7. The highest BCUT2D eigenvalue weighted by Crippen LogP contribution is 2.40. The van der Waals surface area contributed by atoms with Gasteiger partial charge in [-0.25, -0.2) is 8.42 Å². The molecule has 2 N–H and O–H groups in total. The number of hydrogen-bond donors (Lipinski definition) is 2. The van der Waals surface area contributed by atoms with Gasteiger partial charge in [0.15, 0.2) is 0 Å². The number of nitrogens with zero attached hydrogens (tertiary/aromatic N) is 1. The lowest BCUT2D eigenvalue weighted by atomic mass is 9.91. The average Bonchev–Trinajstić information content (AvgIpc) is 3.31. The minimum absolute atomic E-state index is 0.0341. The molecule has 33 heavy (non-hydrogen) atoms. The van der Waals surface area contributed by atoms with Gasteiger partial charge in [0.2, 0.25) is 15.9 Å². The van der Waals surface area contributed by atoms with Crippen molar-refractivity contribution in [1.82, 2.24) is 14.9 Å². The van der Waals surface area contributed by atoms with E-state index < -0.39 is 15.3 Å². The van der Waals surface area contributed by atoms with Gasteiger partial charge in [0, 0.05) is 24.9 Å². The zero-order valence-electron chi connectivity index (χ0n) is 19.9. The van der Waals surface area contributed by atoms with E-state index in [1.807, 2.05) is 50.2 Å². The molecule has 1 amide bonds. The maximum absolute atomic E-state index is 13.0. The molecule has 2 aliphatic heterocycles. The molecule has 4 rings (SSSR count). The lowest BCUT2D eigenvalue weighted by Crippen LogP contribution is -2.50. The van der Waals surface area contributed by atoms with Crippen molar-refractivity contribution in [2.24, 2.45) is 11.8 Å². The van der Waals surface area contributed by atoms with Gasteiger partial charge in [-0.2, -0.15) is 4.72 Å². The normalized spacial score (nSPS) is 26.0. The Morgan fingerprint density at radius 1 is 1.15 bits per heavy atom. The largest absolute Gasteiger partial charge is 0.465 e. The van der Waals surface area contributed by atoms with Gasteiger partial charge in [-0.05, 0) is 48.9 Å². The fourth-order valence-electron chi connectivity index (χ4n) is 5.10. The van der Waals surface area contributed by atoms with Crippen molar-refractivity contribution in [2.45, 2.75) is 64.4 Å². The van der Waals surface area contributed by atoms with Crippen LogP contribution in [0, 0.1) is 18.8 Å². The Morgan fingerprint density at radius 3 is 2.39 bits per heavy atom. The highest BCUT2D eigenvalue weighted by Gasteiger charge is 2.48. The third-order valence-electron chi connectivity index (χ3n) is 7.05. The number of carbonyl (C=O) groups is 1. The van der Waals surface area contributed by atoms with Gasteiger partial charge in [0.05, 0.1) is 12.7 Å². The Kier molecular flexibility index (Phi) is 6.98. The van der Waals surface area contributed by atoms with E-state index in [-0.39, 0.29) is 23.9 Å². The van der Waals surface area contributed by atoms with Gasteiger partial charge in [-0.15, -0.1) is 0 Å². The number of rotatable bonds is 6. The molecule has 0 bridgehead atoms. The summed E-state index contributed by atoms with van der Waals surface area (Å²) in [6.45, 7) is 9.91. The maximum atomic E-state index is 13.0. The fraction of sp³-hybridized carbons (Fsp3) is 0.560. The standard InChI is InChI=1S/C25H35N3O4S/c1-16(2)19-6-8-20(9-7-19)23-18(4)24(27-33(23,30)31)28-13-11-21(12-14-28)25(29)26-15-22-10-5-17(3)32-22/h5-10,16,18,21,23-24,27H,11-15H2,1-4H3,(H,26,29). The summed E-state index contributed by atoms with van der Waals surface area (Å²) in [5.74, 6) is 1.86. The Labute approximate surface area is 197 Å². The summed E-state index contributed by atoms with van der Waals surface area (Å²) in [5, 5.41) is 2.40. The van der Waals surface area contributed by atoms with Crippen LogP contribution < -0.4 is 10.0 Å². The topological polar surface area (TPSA) is 91.7 Å². The molecule has 3 atom stereocenters. The number of hydrogen-bond acceptors (Lipinski definition) is 5. The van der Waals surface area contributed by atoms with E-state index in [0.717, 1.165) is 17.1 Å². The van der Waals surface area contributed by atoms with E-state index in [0.29, 0.717) is 38.4 Å². The van der Waals surface area contributed by atoms with Crippen LogP contribution >= 0.6 is 0 Å². The van der Waals surface area contributed by atoms with Crippen LogP contribution in [-0.2, 0) is 21.4 Å². The fourth-order valence-corrected chi connectivity index (χ4v) is 7.17. The molecular formula is C25H35N3O4S. The van der Waals surface area contributed by atoms with E-state index in [1.54, 1.807) is 0 Å². The summed E-state index contributed by atoms with van der Waals surface area (Å²) in [5.41, 5.74) is 2.04. The smallest absolute Gasteiger partial charge is 0.223 e. The van der Waals surface area contributed by atoms with Crippen LogP contribution in [0.15, 0.2) is 40.8 Å². The van der Waals surface area contributed by atoms with Gasteiger partial charge in [-0.1, -0.05) is 45.0 Å². The molecule has 0 radical (unpaired) electrons. The maximum Gasteiger partial charge on any atom is 0.223 e. The molecule has 180 valence electrons. The number of sulfonamides is 1. The van der Waals surface area contributed by atoms with Gasteiger partial charge in [0.25, 0.3) is 0 Å². The Balaban J connectivity index is 1.35.